The first-order valence-corrected chi connectivity index (χ1v) is 39.1. The van der Waals surface area contributed by atoms with Crippen LogP contribution in [0.4, 0.5) is 68.2 Å². The van der Waals surface area contributed by atoms with Gasteiger partial charge in [-0.1, -0.05) is 315 Å². The molecule has 0 atom stereocenters. The fourth-order valence-corrected chi connectivity index (χ4v) is 16.8. The molecule has 0 amide bonds. The van der Waals surface area contributed by atoms with E-state index in [1.807, 2.05) is 0 Å². The molecule has 536 valence electrons. The van der Waals surface area contributed by atoms with Gasteiger partial charge >= 0.3 is 0 Å². The molecule has 0 fully saturated rings. The molecule has 0 heterocycles. The molecule has 21 rings (SSSR count). The molecule has 114 heavy (non-hydrogen) atoms. The standard InChI is InChI=1S/C58H40N2.C52H36N2/c1-3-19-51(20-4-1)59(57-23-11-17-49-37-45-13-7-9-15-47(45)39-55(49)57)53-33-29-43(30-34-53)41-25-27-42(28-26-41)44-31-35-54(36-32-44)60(52-21-5-2-6-22-52)58-24-12-18-50-38-46-14-8-10-16-48(46)40-56(50)58;1-3-19-43(20-4-1)53(51-47-23-11-7-15-39(47)35-40-16-8-12-24-48(40)51)45-31-27-37(28-32-45)38-29-33-46(34-30-38)54(44-21-5-2-6-22-44)52-49-25-13-9-17-41(49)36-42-18-10-14-26-50(42)52/h1-40H;1-36H. The number of hydrogen-bond acceptors (Lipinski definition) is 4. The first-order chi connectivity index (χ1) is 56.5. The third-order valence-electron chi connectivity index (χ3n) is 22.3. The van der Waals surface area contributed by atoms with Crippen molar-refractivity contribution >= 4 is 154 Å². The molecule has 0 aliphatic carbocycles. The van der Waals surface area contributed by atoms with Gasteiger partial charge < -0.3 is 19.6 Å². The van der Waals surface area contributed by atoms with Gasteiger partial charge in [0.25, 0.3) is 0 Å². The number of nitrogens with zero attached hydrogens (tertiary/aromatic N) is 4. The van der Waals surface area contributed by atoms with Crippen LogP contribution in [0.1, 0.15) is 0 Å². The monoisotopic (exact) mass is 1450 g/mol. The summed E-state index contributed by atoms with van der Waals surface area (Å²) in [4.78, 5) is 9.55. The predicted octanol–water partition coefficient (Wildman–Crippen LogP) is 31.5. The Hall–Kier alpha value is -15.1. The lowest BCUT2D eigenvalue weighted by atomic mass is 9.98. The first kappa shape index (κ1) is 68.2. The minimum absolute atomic E-state index is 1.11. The van der Waals surface area contributed by atoms with Crippen LogP contribution in [-0.4, -0.2) is 0 Å². The predicted molar refractivity (Wildman–Crippen MR) is 488 cm³/mol. The summed E-state index contributed by atoms with van der Waals surface area (Å²) in [7, 11) is 0. The molecule has 0 aliphatic heterocycles. The summed E-state index contributed by atoms with van der Waals surface area (Å²) in [5, 5.41) is 19.7. The Labute approximate surface area is 664 Å². The Bertz CT molecular complexity index is 6520. The zero-order valence-electron chi connectivity index (χ0n) is 62.7. The quantitative estimate of drug-likeness (QED) is 0.0949. The highest BCUT2D eigenvalue weighted by atomic mass is 15.2. The Morgan fingerprint density at radius 3 is 0.579 bits per heavy atom. The molecular weight excluding hydrogens is 1380 g/mol. The highest BCUT2D eigenvalue weighted by Gasteiger charge is 2.24. The molecule has 0 saturated heterocycles. The largest absolute Gasteiger partial charge is 0.310 e. The summed E-state index contributed by atoms with van der Waals surface area (Å²) in [6.45, 7) is 0. The van der Waals surface area contributed by atoms with E-state index in [0.29, 0.717) is 0 Å². The van der Waals surface area contributed by atoms with Gasteiger partial charge in [0.15, 0.2) is 0 Å². The van der Waals surface area contributed by atoms with Gasteiger partial charge in [0.1, 0.15) is 0 Å². The van der Waals surface area contributed by atoms with Crippen molar-refractivity contribution in [1.29, 1.82) is 0 Å². The van der Waals surface area contributed by atoms with Crippen molar-refractivity contribution in [2.75, 3.05) is 19.6 Å². The van der Waals surface area contributed by atoms with Crippen molar-refractivity contribution in [3.05, 3.63) is 461 Å². The second kappa shape index (κ2) is 30.1. The zero-order chi connectivity index (χ0) is 75.7. The lowest BCUT2D eigenvalue weighted by molar-refractivity contribution is 1.30. The molecule has 0 spiro atoms. The number of fused-ring (bicyclic) bond motifs is 8. The third kappa shape index (κ3) is 13.1. The fourth-order valence-electron chi connectivity index (χ4n) is 16.8. The molecule has 0 saturated carbocycles. The summed E-state index contributed by atoms with van der Waals surface area (Å²) in [6.07, 6.45) is 0. The van der Waals surface area contributed by atoms with Gasteiger partial charge in [-0.25, -0.2) is 0 Å². The number of benzene rings is 21. The molecule has 0 aromatic heterocycles. The van der Waals surface area contributed by atoms with Gasteiger partial charge in [-0.05, 0) is 233 Å². The van der Waals surface area contributed by atoms with E-state index < -0.39 is 0 Å². The minimum atomic E-state index is 1.11. The fraction of sp³-hybridized carbons (Fsp3) is 0. The first-order valence-electron chi connectivity index (χ1n) is 39.1. The van der Waals surface area contributed by atoms with Crippen LogP contribution in [0.3, 0.4) is 0 Å². The average Bonchev–Trinajstić information content (AvgIpc) is 0.775. The van der Waals surface area contributed by atoms with Crippen LogP contribution in [0, 0.1) is 0 Å². The van der Waals surface area contributed by atoms with Crippen LogP contribution in [-0.2, 0) is 0 Å². The van der Waals surface area contributed by atoms with Crippen LogP contribution in [0.5, 0.6) is 0 Å². The maximum absolute atomic E-state index is 2.41. The van der Waals surface area contributed by atoms with E-state index in [1.165, 1.54) is 131 Å². The van der Waals surface area contributed by atoms with E-state index in [4.69, 9.17) is 0 Å². The Balaban J connectivity index is 0.000000149. The lowest BCUT2D eigenvalue weighted by Gasteiger charge is -2.29. The molecular formula is C110H76N4. The van der Waals surface area contributed by atoms with Crippen molar-refractivity contribution < 1.29 is 0 Å². The topological polar surface area (TPSA) is 13.0 Å². The van der Waals surface area contributed by atoms with Crippen molar-refractivity contribution in [3.63, 3.8) is 0 Å². The summed E-state index contributed by atoms with van der Waals surface area (Å²) in [5.74, 6) is 0. The smallest absolute Gasteiger partial charge is 0.0618 e. The third-order valence-corrected chi connectivity index (χ3v) is 22.3. The molecule has 21 aromatic rings. The van der Waals surface area contributed by atoms with Crippen LogP contribution < -0.4 is 19.6 Å². The van der Waals surface area contributed by atoms with Crippen molar-refractivity contribution in [2.45, 2.75) is 0 Å². The summed E-state index contributed by atoms with van der Waals surface area (Å²) in [5.41, 5.74) is 20.7. The number of para-hydroxylation sites is 4. The van der Waals surface area contributed by atoms with E-state index in [1.54, 1.807) is 0 Å². The maximum atomic E-state index is 2.41. The molecule has 0 aliphatic rings. The minimum Gasteiger partial charge on any atom is -0.310 e. The van der Waals surface area contributed by atoms with Crippen LogP contribution >= 0.6 is 0 Å². The Morgan fingerprint density at radius 2 is 0.298 bits per heavy atom. The number of hydrogen-bond donors (Lipinski definition) is 0. The van der Waals surface area contributed by atoms with Gasteiger partial charge in [0, 0.05) is 77.8 Å². The molecule has 0 unspecified atom stereocenters. The molecule has 0 N–H and O–H groups in total. The summed E-state index contributed by atoms with van der Waals surface area (Å²) in [6, 6.07) is 167. The van der Waals surface area contributed by atoms with E-state index in [-0.39, 0.29) is 0 Å². The molecule has 4 heteroatoms. The SMILES string of the molecule is c1ccc(N(c2ccc(-c3ccc(-c4ccc(N(c5ccccc5)c5cccc6cc7ccccc7cc56)cc4)cc3)cc2)c2cccc3cc4ccccc4cc23)cc1.c1ccc(N(c2ccc(-c3ccc(N(c4ccccc4)c4c5ccccc5cc5ccccc45)cc3)cc2)c2c3ccccc3cc3ccccc23)cc1. The zero-order valence-corrected chi connectivity index (χ0v) is 62.7. The van der Waals surface area contributed by atoms with E-state index in [2.05, 4.69) is 481 Å². The van der Waals surface area contributed by atoms with Gasteiger partial charge in [-0.15, -0.1) is 0 Å². The highest BCUT2D eigenvalue weighted by molar-refractivity contribution is 6.16. The van der Waals surface area contributed by atoms with Gasteiger partial charge in [-0.2, -0.15) is 0 Å². The van der Waals surface area contributed by atoms with Crippen molar-refractivity contribution in [3.8, 4) is 33.4 Å². The van der Waals surface area contributed by atoms with Crippen molar-refractivity contribution in [1.82, 2.24) is 0 Å². The van der Waals surface area contributed by atoms with Gasteiger partial charge in [0.05, 0.1) is 22.7 Å². The highest BCUT2D eigenvalue weighted by Crippen LogP contribution is 2.49. The van der Waals surface area contributed by atoms with Crippen LogP contribution in [0.25, 0.3) is 120 Å². The molecule has 21 aromatic carbocycles. The lowest BCUT2D eigenvalue weighted by Crippen LogP contribution is -2.11. The molecule has 0 bridgehead atoms. The second-order valence-electron chi connectivity index (χ2n) is 29.2. The Kier molecular flexibility index (Phi) is 18.0. The van der Waals surface area contributed by atoms with Crippen molar-refractivity contribution in [2.24, 2.45) is 0 Å². The summed E-state index contributed by atoms with van der Waals surface area (Å²) >= 11 is 0. The van der Waals surface area contributed by atoms with E-state index in [0.717, 1.165) is 56.9 Å². The van der Waals surface area contributed by atoms with Gasteiger partial charge in [0.2, 0.25) is 0 Å². The maximum Gasteiger partial charge on any atom is 0.0618 e. The van der Waals surface area contributed by atoms with Crippen LogP contribution in [0.2, 0.25) is 0 Å². The van der Waals surface area contributed by atoms with E-state index in [9.17, 15) is 0 Å². The number of anilines is 12. The number of rotatable bonds is 15. The Morgan fingerprint density at radius 1 is 0.114 bits per heavy atom. The summed E-state index contributed by atoms with van der Waals surface area (Å²) < 4.78 is 0. The van der Waals surface area contributed by atoms with Crippen LogP contribution in [0.15, 0.2) is 461 Å². The van der Waals surface area contributed by atoms with Gasteiger partial charge in [-0.3, -0.25) is 0 Å². The second-order valence-corrected chi connectivity index (χ2v) is 29.2. The van der Waals surface area contributed by atoms with E-state index >= 15 is 0 Å². The normalized spacial score (nSPS) is 11.3. The molecule has 0 radical (unpaired) electrons. The molecule has 4 nitrogen and oxygen atoms in total. The average molecular weight is 1450 g/mol.